The lowest BCUT2D eigenvalue weighted by Crippen LogP contribution is -2.25. The maximum absolute atomic E-state index is 13.0. The number of aliphatic hydroxyl groups is 1. The second-order valence-corrected chi connectivity index (χ2v) is 3.78. The second-order valence-electron chi connectivity index (χ2n) is 3.78. The standard InChI is InChI=1S/C11H16FNO/c1-8-7-9(3-4-10(8)12)11(2,14)5-6-13/h3-4,7,14H,5-6,13H2,1-2H3. The minimum absolute atomic E-state index is 0.253. The largest absolute Gasteiger partial charge is 0.385 e. The summed E-state index contributed by atoms with van der Waals surface area (Å²) in [6, 6.07) is 4.62. The summed E-state index contributed by atoms with van der Waals surface area (Å²) in [5.41, 5.74) is 5.67. The molecule has 0 spiro atoms. The molecule has 3 N–H and O–H groups in total. The van der Waals surface area contributed by atoms with Crippen LogP contribution >= 0.6 is 0 Å². The molecule has 1 unspecified atom stereocenters. The Balaban J connectivity index is 3.01. The van der Waals surface area contributed by atoms with Gasteiger partial charge in [-0.1, -0.05) is 12.1 Å². The highest BCUT2D eigenvalue weighted by Gasteiger charge is 2.22. The number of rotatable bonds is 3. The van der Waals surface area contributed by atoms with Crippen LogP contribution in [-0.2, 0) is 5.60 Å². The van der Waals surface area contributed by atoms with Gasteiger partial charge in [0, 0.05) is 0 Å². The van der Waals surface area contributed by atoms with Crippen molar-refractivity contribution in [2.75, 3.05) is 6.54 Å². The average Bonchev–Trinajstić information content (AvgIpc) is 2.09. The summed E-state index contributed by atoms with van der Waals surface area (Å²) in [6.45, 7) is 3.77. The van der Waals surface area contributed by atoms with E-state index in [0.29, 0.717) is 24.1 Å². The lowest BCUT2D eigenvalue weighted by atomic mass is 9.91. The zero-order chi connectivity index (χ0) is 10.8. The Labute approximate surface area is 83.6 Å². The first-order valence-electron chi connectivity index (χ1n) is 4.66. The molecular weight excluding hydrogens is 181 g/mol. The van der Waals surface area contributed by atoms with Gasteiger partial charge >= 0.3 is 0 Å². The molecule has 0 aliphatic carbocycles. The maximum Gasteiger partial charge on any atom is 0.126 e. The van der Waals surface area contributed by atoms with Crippen molar-refractivity contribution < 1.29 is 9.50 Å². The smallest absolute Gasteiger partial charge is 0.126 e. The van der Waals surface area contributed by atoms with E-state index in [-0.39, 0.29) is 5.82 Å². The zero-order valence-electron chi connectivity index (χ0n) is 8.55. The molecule has 1 aromatic carbocycles. The highest BCUT2D eigenvalue weighted by Crippen LogP contribution is 2.25. The Hall–Kier alpha value is -0.930. The fourth-order valence-corrected chi connectivity index (χ4v) is 1.41. The van der Waals surface area contributed by atoms with Crippen LogP contribution < -0.4 is 5.73 Å². The predicted molar refractivity (Wildman–Crippen MR) is 54.4 cm³/mol. The topological polar surface area (TPSA) is 46.2 Å². The van der Waals surface area contributed by atoms with Crippen molar-refractivity contribution in [2.24, 2.45) is 5.73 Å². The Bertz CT molecular complexity index is 323. The van der Waals surface area contributed by atoms with Crippen LogP contribution in [0.5, 0.6) is 0 Å². The van der Waals surface area contributed by atoms with Crippen LogP contribution in [0.25, 0.3) is 0 Å². The second kappa shape index (κ2) is 4.07. The normalized spacial score (nSPS) is 15.2. The fraction of sp³-hybridized carbons (Fsp3) is 0.455. The minimum atomic E-state index is -0.965. The van der Waals surface area contributed by atoms with E-state index >= 15 is 0 Å². The summed E-state index contributed by atoms with van der Waals surface area (Å²) in [5, 5.41) is 10.00. The van der Waals surface area contributed by atoms with Crippen molar-refractivity contribution in [3.63, 3.8) is 0 Å². The molecule has 0 heterocycles. The molecule has 0 aliphatic rings. The van der Waals surface area contributed by atoms with E-state index in [1.54, 1.807) is 26.0 Å². The van der Waals surface area contributed by atoms with Crippen molar-refractivity contribution in [3.8, 4) is 0 Å². The quantitative estimate of drug-likeness (QED) is 0.774. The van der Waals surface area contributed by atoms with Crippen LogP contribution in [0.15, 0.2) is 18.2 Å². The third-order valence-corrected chi connectivity index (χ3v) is 2.41. The van der Waals surface area contributed by atoms with Crippen molar-refractivity contribution in [2.45, 2.75) is 25.9 Å². The maximum atomic E-state index is 13.0. The van der Waals surface area contributed by atoms with Crippen molar-refractivity contribution >= 4 is 0 Å². The van der Waals surface area contributed by atoms with E-state index in [0.717, 1.165) is 0 Å². The monoisotopic (exact) mass is 197 g/mol. The van der Waals surface area contributed by atoms with Gasteiger partial charge < -0.3 is 10.8 Å². The van der Waals surface area contributed by atoms with Crippen molar-refractivity contribution in [3.05, 3.63) is 35.1 Å². The first-order valence-corrected chi connectivity index (χ1v) is 4.66. The molecule has 1 rings (SSSR count). The molecule has 78 valence electrons. The minimum Gasteiger partial charge on any atom is -0.385 e. The van der Waals surface area contributed by atoms with Crippen LogP contribution in [-0.4, -0.2) is 11.7 Å². The molecule has 0 saturated heterocycles. The lowest BCUT2D eigenvalue weighted by Gasteiger charge is -2.23. The number of hydrogen-bond acceptors (Lipinski definition) is 2. The van der Waals surface area contributed by atoms with Gasteiger partial charge in [-0.15, -0.1) is 0 Å². The van der Waals surface area contributed by atoms with Crippen LogP contribution in [0, 0.1) is 12.7 Å². The molecule has 0 bridgehead atoms. The van der Waals surface area contributed by atoms with E-state index in [4.69, 9.17) is 5.73 Å². The Morgan fingerprint density at radius 1 is 1.50 bits per heavy atom. The average molecular weight is 197 g/mol. The van der Waals surface area contributed by atoms with E-state index in [1.165, 1.54) is 6.07 Å². The number of halogens is 1. The van der Waals surface area contributed by atoms with E-state index in [1.807, 2.05) is 0 Å². The Morgan fingerprint density at radius 3 is 2.64 bits per heavy atom. The van der Waals surface area contributed by atoms with E-state index < -0.39 is 5.60 Å². The van der Waals surface area contributed by atoms with Gasteiger partial charge in [-0.25, -0.2) is 4.39 Å². The van der Waals surface area contributed by atoms with Gasteiger partial charge in [-0.3, -0.25) is 0 Å². The molecule has 0 radical (unpaired) electrons. The summed E-state index contributed by atoms with van der Waals surface area (Å²) in [7, 11) is 0. The molecular formula is C11H16FNO. The van der Waals surface area contributed by atoms with Gasteiger partial charge in [0.15, 0.2) is 0 Å². The summed E-state index contributed by atoms with van der Waals surface area (Å²) < 4.78 is 13.0. The number of nitrogens with two attached hydrogens (primary N) is 1. The van der Waals surface area contributed by atoms with Crippen LogP contribution in [0.4, 0.5) is 4.39 Å². The molecule has 0 amide bonds. The van der Waals surface area contributed by atoms with E-state index in [2.05, 4.69) is 0 Å². The Kier molecular flexibility index (Phi) is 3.24. The highest BCUT2D eigenvalue weighted by atomic mass is 19.1. The van der Waals surface area contributed by atoms with Gasteiger partial charge in [-0.05, 0) is 44.0 Å². The van der Waals surface area contributed by atoms with Crippen molar-refractivity contribution in [1.82, 2.24) is 0 Å². The molecule has 0 saturated carbocycles. The molecule has 14 heavy (non-hydrogen) atoms. The van der Waals surface area contributed by atoms with E-state index in [9.17, 15) is 9.50 Å². The summed E-state index contributed by atoms with van der Waals surface area (Å²) in [6.07, 6.45) is 0.470. The first kappa shape index (κ1) is 11.1. The van der Waals surface area contributed by atoms with Gasteiger partial charge in [0.1, 0.15) is 5.82 Å². The molecule has 0 aromatic heterocycles. The van der Waals surface area contributed by atoms with Gasteiger partial charge in [0.25, 0.3) is 0 Å². The fourth-order valence-electron chi connectivity index (χ4n) is 1.41. The third kappa shape index (κ3) is 2.30. The number of aryl methyl sites for hydroxylation is 1. The summed E-state index contributed by atoms with van der Waals surface area (Å²) >= 11 is 0. The van der Waals surface area contributed by atoms with Crippen LogP contribution in [0.3, 0.4) is 0 Å². The highest BCUT2D eigenvalue weighted by molar-refractivity contribution is 5.28. The molecule has 3 heteroatoms. The van der Waals surface area contributed by atoms with Gasteiger partial charge in [0.2, 0.25) is 0 Å². The predicted octanol–water partition coefficient (Wildman–Crippen LogP) is 1.69. The molecule has 1 atom stereocenters. The van der Waals surface area contributed by atoms with Crippen LogP contribution in [0.1, 0.15) is 24.5 Å². The molecule has 0 fully saturated rings. The number of hydrogen-bond donors (Lipinski definition) is 2. The van der Waals surface area contributed by atoms with Crippen molar-refractivity contribution in [1.29, 1.82) is 0 Å². The SMILES string of the molecule is Cc1cc(C(C)(O)CCN)ccc1F. The van der Waals surface area contributed by atoms with Gasteiger partial charge in [-0.2, -0.15) is 0 Å². The summed E-state index contributed by atoms with van der Waals surface area (Å²) in [5.74, 6) is -0.253. The zero-order valence-corrected chi connectivity index (χ0v) is 8.55. The summed E-state index contributed by atoms with van der Waals surface area (Å²) in [4.78, 5) is 0. The number of benzene rings is 1. The van der Waals surface area contributed by atoms with Gasteiger partial charge in [0.05, 0.1) is 5.60 Å². The third-order valence-electron chi connectivity index (χ3n) is 2.41. The molecule has 0 aliphatic heterocycles. The molecule has 2 nitrogen and oxygen atoms in total. The Morgan fingerprint density at radius 2 is 2.14 bits per heavy atom. The molecule has 1 aromatic rings. The first-order chi connectivity index (χ1) is 6.47. The van der Waals surface area contributed by atoms with Crippen LogP contribution in [0.2, 0.25) is 0 Å². The lowest BCUT2D eigenvalue weighted by molar-refractivity contribution is 0.0503.